The molecule has 1 fully saturated rings. The predicted octanol–water partition coefficient (Wildman–Crippen LogP) is 1.79. The normalized spacial score (nSPS) is 19.8. The lowest BCUT2D eigenvalue weighted by Crippen LogP contribution is -2.31. The minimum atomic E-state index is -3.40. The first kappa shape index (κ1) is 16.9. The zero-order valence-electron chi connectivity index (χ0n) is 12.8. The monoisotopic (exact) mass is 331 g/mol. The van der Waals surface area contributed by atoms with Crippen LogP contribution in [0.3, 0.4) is 0 Å². The third-order valence-electron chi connectivity index (χ3n) is 3.74. The summed E-state index contributed by atoms with van der Waals surface area (Å²) >= 11 is 1.88. The molecule has 120 valence electrons. The molecule has 2 rings (SSSR count). The fraction of sp³-hybridized carbons (Fsp3) is 0.714. The number of aromatic nitrogens is 1. The van der Waals surface area contributed by atoms with E-state index >= 15 is 0 Å². The van der Waals surface area contributed by atoms with Crippen molar-refractivity contribution in [2.45, 2.75) is 49.4 Å². The van der Waals surface area contributed by atoms with Gasteiger partial charge in [-0.15, -0.1) is 0 Å². The van der Waals surface area contributed by atoms with Crippen molar-refractivity contribution in [1.82, 2.24) is 14.6 Å². The summed E-state index contributed by atoms with van der Waals surface area (Å²) in [4.78, 5) is 0.371. The van der Waals surface area contributed by atoms with Gasteiger partial charge < -0.3 is 9.88 Å². The number of nitrogens with one attached hydrogen (secondary N) is 2. The van der Waals surface area contributed by atoms with Crippen LogP contribution in [0, 0.1) is 0 Å². The Balaban J connectivity index is 2.04. The maximum atomic E-state index is 12.4. The van der Waals surface area contributed by atoms with E-state index in [0.717, 1.165) is 24.4 Å². The molecule has 0 spiro atoms. The molecule has 1 aromatic heterocycles. The highest BCUT2D eigenvalue weighted by molar-refractivity contribution is 8.00. The van der Waals surface area contributed by atoms with Crippen LogP contribution in [0.25, 0.3) is 0 Å². The zero-order valence-corrected chi connectivity index (χ0v) is 14.4. The van der Waals surface area contributed by atoms with Crippen LogP contribution in [0.4, 0.5) is 0 Å². The van der Waals surface area contributed by atoms with Crippen LogP contribution in [-0.4, -0.2) is 37.6 Å². The van der Waals surface area contributed by atoms with Crippen molar-refractivity contribution < 1.29 is 8.42 Å². The standard InChI is InChI=1S/C14H25N3O2S2/c1-3-17-11-14(8-12(17)9-15-2)21(18,19)16-10-13-6-4-5-7-20-13/h8,11,13,15-16H,3-7,9-10H2,1-2H3. The van der Waals surface area contributed by atoms with Crippen molar-refractivity contribution in [3.63, 3.8) is 0 Å². The molecule has 1 unspecified atom stereocenters. The van der Waals surface area contributed by atoms with E-state index in [1.807, 2.05) is 30.3 Å². The summed E-state index contributed by atoms with van der Waals surface area (Å²) in [5, 5.41) is 3.48. The van der Waals surface area contributed by atoms with Gasteiger partial charge in [-0.25, -0.2) is 13.1 Å². The van der Waals surface area contributed by atoms with Crippen molar-refractivity contribution in [3.05, 3.63) is 18.0 Å². The third-order valence-corrected chi connectivity index (χ3v) is 6.53. The van der Waals surface area contributed by atoms with Gasteiger partial charge >= 0.3 is 0 Å². The average molecular weight is 332 g/mol. The van der Waals surface area contributed by atoms with E-state index in [1.165, 1.54) is 12.8 Å². The summed E-state index contributed by atoms with van der Waals surface area (Å²) in [6, 6.07) is 1.76. The number of sulfonamides is 1. The number of nitrogens with zero attached hydrogens (tertiary/aromatic N) is 1. The summed E-state index contributed by atoms with van der Waals surface area (Å²) in [6.45, 7) is 3.99. The van der Waals surface area contributed by atoms with Gasteiger partial charge in [-0.2, -0.15) is 11.8 Å². The Morgan fingerprint density at radius 2 is 2.24 bits per heavy atom. The number of thioether (sulfide) groups is 1. The number of aryl methyl sites for hydroxylation is 1. The molecule has 2 heterocycles. The summed E-state index contributed by atoms with van der Waals surface area (Å²) in [6.07, 6.45) is 5.29. The van der Waals surface area contributed by atoms with E-state index < -0.39 is 10.0 Å². The fourth-order valence-electron chi connectivity index (χ4n) is 2.55. The molecule has 1 atom stereocenters. The summed E-state index contributed by atoms with van der Waals surface area (Å²) in [5.74, 6) is 1.14. The summed E-state index contributed by atoms with van der Waals surface area (Å²) in [7, 11) is -1.54. The van der Waals surface area contributed by atoms with E-state index in [9.17, 15) is 8.42 Å². The molecule has 1 aromatic rings. The second-order valence-electron chi connectivity index (χ2n) is 5.32. The van der Waals surface area contributed by atoms with Gasteiger partial charge in [0.15, 0.2) is 0 Å². The van der Waals surface area contributed by atoms with Gasteiger partial charge in [-0.05, 0) is 38.6 Å². The number of rotatable bonds is 7. The third kappa shape index (κ3) is 4.48. The van der Waals surface area contributed by atoms with Gasteiger partial charge in [0.25, 0.3) is 0 Å². The molecule has 1 saturated heterocycles. The number of hydrogen-bond acceptors (Lipinski definition) is 4. The molecule has 1 aliphatic rings. The van der Waals surface area contributed by atoms with Crippen molar-refractivity contribution in [3.8, 4) is 0 Å². The Hall–Kier alpha value is -0.500. The minimum absolute atomic E-state index is 0.371. The van der Waals surface area contributed by atoms with Crippen LogP contribution in [0.2, 0.25) is 0 Å². The van der Waals surface area contributed by atoms with Gasteiger partial charge in [0.1, 0.15) is 0 Å². The molecule has 0 saturated carbocycles. The van der Waals surface area contributed by atoms with Crippen molar-refractivity contribution in [2.24, 2.45) is 0 Å². The van der Waals surface area contributed by atoms with E-state index in [4.69, 9.17) is 0 Å². The van der Waals surface area contributed by atoms with Gasteiger partial charge in [-0.1, -0.05) is 6.42 Å². The van der Waals surface area contributed by atoms with Crippen LogP contribution in [0.15, 0.2) is 17.2 Å². The highest BCUT2D eigenvalue weighted by atomic mass is 32.2. The zero-order chi connectivity index (χ0) is 15.3. The first-order valence-electron chi connectivity index (χ1n) is 7.51. The first-order chi connectivity index (χ1) is 10.1. The Morgan fingerprint density at radius 3 is 2.86 bits per heavy atom. The SMILES string of the molecule is CCn1cc(S(=O)(=O)NCC2CCCCS2)cc1CNC. The van der Waals surface area contributed by atoms with Gasteiger partial charge in [0.05, 0.1) is 4.90 Å². The van der Waals surface area contributed by atoms with Crippen LogP contribution in [-0.2, 0) is 23.1 Å². The summed E-state index contributed by atoms with van der Waals surface area (Å²) < 4.78 is 29.6. The smallest absolute Gasteiger partial charge is 0.242 e. The highest BCUT2D eigenvalue weighted by Crippen LogP contribution is 2.25. The van der Waals surface area contributed by atoms with Gasteiger partial charge in [0.2, 0.25) is 10.0 Å². The van der Waals surface area contributed by atoms with Crippen molar-refractivity contribution in [1.29, 1.82) is 0 Å². The Morgan fingerprint density at radius 1 is 1.43 bits per heavy atom. The topological polar surface area (TPSA) is 63.1 Å². The molecule has 0 aliphatic carbocycles. The van der Waals surface area contributed by atoms with E-state index in [-0.39, 0.29) is 0 Å². The van der Waals surface area contributed by atoms with Crippen molar-refractivity contribution in [2.75, 3.05) is 19.3 Å². The van der Waals surface area contributed by atoms with E-state index in [1.54, 1.807) is 12.3 Å². The lowest BCUT2D eigenvalue weighted by molar-refractivity contribution is 0.573. The molecular weight excluding hydrogens is 306 g/mol. The molecule has 0 radical (unpaired) electrons. The molecule has 2 N–H and O–H groups in total. The predicted molar refractivity (Wildman–Crippen MR) is 88.2 cm³/mol. The van der Waals surface area contributed by atoms with E-state index in [2.05, 4.69) is 10.0 Å². The number of hydrogen-bond donors (Lipinski definition) is 2. The van der Waals surface area contributed by atoms with Gasteiger partial charge in [-0.3, -0.25) is 0 Å². The highest BCUT2D eigenvalue weighted by Gasteiger charge is 2.21. The second-order valence-corrected chi connectivity index (χ2v) is 8.50. The van der Waals surface area contributed by atoms with E-state index in [0.29, 0.717) is 23.2 Å². The fourth-order valence-corrected chi connectivity index (χ4v) is 5.04. The largest absolute Gasteiger partial charge is 0.349 e. The lowest BCUT2D eigenvalue weighted by atomic mass is 10.2. The Bertz CT molecular complexity index is 549. The molecule has 5 nitrogen and oxygen atoms in total. The molecule has 0 aromatic carbocycles. The van der Waals surface area contributed by atoms with Crippen LogP contribution < -0.4 is 10.0 Å². The molecule has 1 aliphatic heterocycles. The average Bonchev–Trinajstić information content (AvgIpc) is 2.91. The second kappa shape index (κ2) is 7.67. The molecule has 0 bridgehead atoms. The molecule has 7 heteroatoms. The molecule has 0 amide bonds. The summed E-state index contributed by atoms with van der Waals surface area (Å²) in [5.41, 5.74) is 0.993. The van der Waals surface area contributed by atoms with Crippen molar-refractivity contribution >= 4 is 21.8 Å². The molecular formula is C14H25N3O2S2. The molecule has 21 heavy (non-hydrogen) atoms. The maximum Gasteiger partial charge on any atom is 0.242 e. The van der Waals surface area contributed by atoms with Gasteiger partial charge in [0, 0.05) is 36.8 Å². The van der Waals surface area contributed by atoms with Crippen LogP contribution in [0.5, 0.6) is 0 Å². The van der Waals surface area contributed by atoms with Crippen LogP contribution >= 0.6 is 11.8 Å². The Labute approximate surface area is 131 Å². The minimum Gasteiger partial charge on any atom is -0.349 e. The lowest BCUT2D eigenvalue weighted by Gasteiger charge is -2.21. The quantitative estimate of drug-likeness (QED) is 0.800. The maximum absolute atomic E-state index is 12.4. The first-order valence-corrected chi connectivity index (χ1v) is 10.0. The van der Waals surface area contributed by atoms with Crippen LogP contribution in [0.1, 0.15) is 31.9 Å². The Kier molecular flexibility index (Phi) is 6.16.